The van der Waals surface area contributed by atoms with Crippen LogP contribution in [-0.4, -0.2) is 23.1 Å². The van der Waals surface area contributed by atoms with Gasteiger partial charge in [0.1, 0.15) is 6.61 Å². The third kappa shape index (κ3) is 4.55. The smallest absolute Gasteiger partial charge is 0.410 e. The highest BCUT2D eigenvalue weighted by Gasteiger charge is 2.49. The summed E-state index contributed by atoms with van der Waals surface area (Å²) >= 11 is 0. The van der Waals surface area contributed by atoms with Crippen LogP contribution in [0.5, 0.6) is 0 Å². The highest BCUT2D eigenvalue weighted by molar-refractivity contribution is 5.69. The van der Waals surface area contributed by atoms with E-state index in [0.29, 0.717) is 12.5 Å². The number of piperidine rings is 1. The molecule has 1 aliphatic carbocycles. The van der Waals surface area contributed by atoms with Crippen molar-refractivity contribution in [1.29, 1.82) is 0 Å². The first-order valence-electron chi connectivity index (χ1n) is 11.0. The number of nitrogens with zero attached hydrogens (tertiary/aromatic N) is 1. The van der Waals surface area contributed by atoms with Crippen molar-refractivity contribution in [2.45, 2.75) is 57.1 Å². The van der Waals surface area contributed by atoms with Crippen LogP contribution in [0.25, 0.3) is 6.08 Å². The maximum Gasteiger partial charge on any atom is 0.410 e. The van der Waals surface area contributed by atoms with E-state index in [-0.39, 0.29) is 11.6 Å². The lowest BCUT2D eigenvalue weighted by molar-refractivity contribution is -0.0310. The number of amides is 1. The van der Waals surface area contributed by atoms with Crippen LogP contribution < -0.4 is 0 Å². The van der Waals surface area contributed by atoms with Crippen LogP contribution in [0.15, 0.2) is 66.7 Å². The summed E-state index contributed by atoms with van der Waals surface area (Å²) in [4.78, 5) is 15.2. The number of carbonyl (C=O) groups excluding carboxylic acids is 1. The van der Waals surface area contributed by atoms with Crippen molar-refractivity contribution >= 4 is 12.2 Å². The molecule has 0 bridgehead atoms. The molecule has 3 heteroatoms. The molecule has 0 N–H and O–H groups in total. The first-order chi connectivity index (χ1) is 14.3. The van der Waals surface area contributed by atoms with Crippen LogP contribution in [0.2, 0.25) is 0 Å². The fraction of sp³-hybridized carbons (Fsp3) is 0.423. The van der Waals surface area contributed by atoms with Gasteiger partial charge in [0.25, 0.3) is 0 Å². The standard InChI is InChI=1S/C26H31NO2/c28-25(29-21-23-13-5-2-6-14-23)27-20-10-17-24-16-7-8-18-26(24,27)19-9-15-22-11-3-1-4-12-22/h1-6,9,11-15,24H,7-8,10,16-21H2/b15-9+. The minimum Gasteiger partial charge on any atom is -0.445 e. The first kappa shape index (κ1) is 19.8. The molecular weight excluding hydrogens is 358 g/mol. The van der Waals surface area contributed by atoms with Crippen molar-refractivity contribution in [3.8, 4) is 0 Å². The van der Waals surface area contributed by atoms with Gasteiger partial charge in [-0.05, 0) is 49.1 Å². The molecule has 29 heavy (non-hydrogen) atoms. The van der Waals surface area contributed by atoms with Gasteiger partial charge < -0.3 is 9.64 Å². The number of hydrogen-bond acceptors (Lipinski definition) is 2. The van der Waals surface area contributed by atoms with E-state index >= 15 is 0 Å². The molecule has 0 radical (unpaired) electrons. The molecule has 2 aromatic rings. The van der Waals surface area contributed by atoms with Crippen molar-refractivity contribution in [3.05, 3.63) is 77.9 Å². The van der Waals surface area contributed by atoms with E-state index in [4.69, 9.17) is 4.74 Å². The average molecular weight is 390 g/mol. The Labute approximate surface area is 174 Å². The zero-order chi connectivity index (χ0) is 19.9. The second-order valence-corrected chi connectivity index (χ2v) is 8.40. The highest BCUT2D eigenvalue weighted by atomic mass is 16.6. The summed E-state index contributed by atoms with van der Waals surface area (Å²) in [5.74, 6) is 0.578. The van der Waals surface area contributed by atoms with E-state index in [1.54, 1.807) is 0 Å². The van der Waals surface area contributed by atoms with E-state index in [2.05, 4.69) is 41.3 Å². The second-order valence-electron chi connectivity index (χ2n) is 8.40. The number of benzene rings is 2. The number of likely N-dealkylation sites (tertiary alicyclic amines) is 1. The minimum absolute atomic E-state index is 0.0877. The minimum atomic E-state index is -0.145. The molecule has 3 nitrogen and oxygen atoms in total. The van der Waals surface area contributed by atoms with E-state index < -0.39 is 0 Å². The molecule has 2 aliphatic rings. The van der Waals surface area contributed by atoms with Gasteiger partial charge in [-0.2, -0.15) is 0 Å². The number of hydrogen-bond donors (Lipinski definition) is 0. The van der Waals surface area contributed by atoms with Gasteiger partial charge in [-0.25, -0.2) is 4.79 Å². The summed E-state index contributed by atoms with van der Waals surface area (Å²) in [5, 5.41) is 0. The molecule has 152 valence electrons. The lowest BCUT2D eigenvalue weighted by atomic mass is 9.66. The normalized spacial score (nSPS) is 24.3. The first-order valence-corrected chi connectivity index (χ1v) is 11.0. The Morgan fingerprint density at radius 2 is 1.72 bits per heavy atom. The second kappa shape index (κ2) is 9.30. The maximum atomic E-state index is 13.1. The van der Waals surface area contributed by atoms with Gasteiger partial charge in [0.2, 0.25) is 0 Å². The van der Waals surface area contributed by atoms with Crippen LogP contribution in [0.3, 0.4) is 0 Å². The summed E-state index contributed by atoms with van der Waals surface area (Å²) in [6, 6.07) is 20.4. The molecule has 1 saturated carbocycles. The largest absolute Gasteiger partial charge is 0.445 e. The predicted molar refractivity (Wildman–Crippen MR) is 117 cm³/mol. The van der Waals surface area contributed by atoms with Crippen LogP contribution in [0.4, 0.5) is 4.79 Å². The van der Waals surface area contributed by atoms with Crippen molar-refractivity contribution in [2.24, 2.45) is 5.92 Å². The molecule has 4 rings (SSSR count). The lowest BCUT2D eigenvalue weighted by Gasteiger charge is -2.53. The molecule has 1 aliphatic heterocycles. The lowest BCUT2D eigenvalue weighted by Crippen LogP contribution is -2.60. The SMILES string of the molecule is O=C(OCc1ccccc1)N1CCCC2CCCCC21C/C=C/c1ccccc1. The Kier molecular flexibility index (Phi) is 6.33. The highest BCUT2D eigenvalue weighted by Crippen LogP contribution is 2.47. The van der Waals surface area contributed by atoms with Crippen molar-refractivity contribution in [2.75, 3.05) is 6.54 Å². The fourth-order valence-electron chi connectivity index (χ4n) is 5.19. The Morgan fingerprint density at radius 1 is 1.00 bits per heavy atom. The molecule has 2 unspecified atom stereocenters. The van der Waals surface area contributed by atoms with E-state index in [9.17, 15) is 4.79 Å². The quantitative estimate of drug-likeness (QED) is 0.588. The molecule has 2 aromatic carbocycles. The van der Waals surface area contributed by atoms with Gasteiger partial charge in [-0.3, -0.25) is 0 Å². The Hall–Kier alpha value is -2.55. The summed E-state index contributed by atoms with van der Waals surface area (Å²) < 4.78 is 5.77. The third-order valence-electron chi connectivity index (χ3n) is 6.65. The Bertz CT molecular complexity index is 815. The van der Waals surface area contributed by atoms with Gasteiger partial charge in [-0.1, -0.05) is 85.7 Å². The zero-order valence-electron chi connectivity index (χ0n) is 17.1. The van der Waals surface area contributed by atoms with Gasteiger partial charge in [-0.15, -0.1) is 0 Å². The van der Waals surface area contributed by atoms with Crippen LogP contribution in [-0.2, 0) is 11.3 Å². The third-order valence-corrected chi connectivity index (χ3v) is 6.65. The van der Waals surface area contributed by atoms with Crippen LogP contribution in [0, 0.1) is 5.92 Å². The van der Waals surface area contributed by atoms with Crippen molar-refractivity contribution in [1.82, 2.24) is 4.90 Å². The molecule has 0 aromatic heterocycles. The zero-order valence-corrected chi connectivity index (χ0v) is 17.1. The summed E-state index contributed by atoms with van der Waals surface area (Å²) in [7, 11) is 0. The molecule has 0 spiro atoms. The molecule has 1 saturated heterocycles. The molecular formula is C26H31NO2. The molecule has 2 atom stereocenters. The summed E-state index contributed by atoms with van der Waals surface area (Å²) in [6.45, 7) is 1.15. The van der Waals surface area contributed by atoms with Crippen LogP contribution >= 0.6 is 0 Å². The summed E-state index contributed by atoms with van der Waals surface area (Å²) in [5.41, 5.74) is 2.16. The summed E-state index contributed by atoms with van der Waals surface area (Å²) in [6.07, 6.45) is 12.3. The van der Waals surface area contributed by atoms with Crippen molar-refractivity contribution in [3.63, 3.8) is 0 Å². The number of ether oxygens (including phenoxy) is 1. The molecule has 1 heterocycles. The van der Waals surface area contributed by atoms with Gasteiger partial charge >= 0.3 is 6.09 Å². The number of rotatable bonds is 5. The van der Waals surface area contributed by atoms with Gasteiger partial charge in [0.15, 0.2) is 0 Å². The van der Waals surface area contributed by atoms with Crippen molar-refractivity contribution < 1.29 is 9.53 Å². The van der Waals surface area contributed by atoms with E-state index in [1.807, 2.05) is 36.4 Å². The average Bonchev–Trinajstić information content (AvgIpc) is 2.78. The fourth-order valence-corrected chi connectivity index (χ4v) is 5.19. The van der Waals surface area contributed by atoms with Crippen LogP contribution in [0.1, 0.15) is 56.1 Å². The number of fused-ring (bicyclic) bond motifs is 1. The maximum absolute atomic E-state index is 13.1. The topological polar surface area (TPSA) is 29.5 Å². The molecule has 2 fully saturated rings. The van der Waals surface area contributed by atoms with Gasteiger partial charge in [0.05, 0.1) is 5.54 Å². The monoisotopic (exact) mass is 389 g/mol. The Morgan fingerprint density at radius 3 is 2.52 bits per heavy atom. The Balaban J connectivity index is 1.50. The molecule has 1 amide bonds. The van der Waals surface area contributed by atoms with E-state index in [1.165, 1.54) is 31.2 Å². The predicted octanol–water partition coefficient (Wildman–Crippen LogP) is 6.45. The van der Waals surface area contributed by atoms with Gasteiger partial charge in [0, 0.05) is 6.54 Å². The van der Waals surface area contributed by atoms with E-state index in [0.717, 1.165) is 31.4 Å². The number of carbonyl (C=O) groups is 1.